The third-order valence-corrected chi connectivity index (χ3v) is 8.33. The Balaban J connectivity index is 1.50. The van der Waals surface area contributed by atoms with Gasteiger partial charge in [-0.05, 0) is 81.9 Å². The minimum atomic E-state index is -0.608. The van der Waals surface area contributed by atoms with Gasteiger partial charge in [0.25, 0.3) is 0 Å². The van der Waals surface area contributed by atoms with E-state index in [1.54, 1.807) is 54.6 Å². The number of carbonyl (C=O) groups excluding carboxylic acids is 4. The van der Waals surface area contributed by atoms with Crippen molar-refractivity contribution in [3.63, 3.8) is 0 Å². The second-order valence-corrected chi connectivity index (χ2v) is 12.4. The molecular formula is C41H46O7. The number of esters is 3. The molecule has 0 radical (unpaired) electrons. The lowest BCUT2D eigenvalue weighted by Crippen LogP contribution is -2.26. The maximum absolute atomic E-state index is 13.2. The molecule has 7 nitrogen and oxygen atoms in total. The predicted molar refractivity (Wildman–Crippen MR) is 185 cm³/mol. The molecule has 0 amide bonds. The van der Waals surface area contributed by atoms with E-state index in [2.05, 4.69) is 12.1 Å². The average molecular weight is 651 g/mol. The Morgan fingerprint density at radius 1 is 0.729 bits per heavy atom. The Morgan fingerprint density at radius 3 is 1.92 bits per heavy atom. The van der Waals surface area contributed by atoms with Gasteiger partial charge in [-0.15, -0.1) is 0 Å². The number of rotatable bonds is 17. The molecule has 1 fully saturated rings. The lowest BCUT2D eigenvalue weighted by Gasteiger charge is -2.23. The number of ether oxygens (including phenoxy) is 3. The maximum Gasteiger partial charge on any atom is 0.338 e. The van der Waals surface area contributed by atoms with Crippen LogP contribution in [0.5, 0.6) is 0 Å². The van der Waals surface area contributed by atoms with Gasteiger partial charge in [0.2, 0.25) is 0 Å². The Hall–Kier alpha value is -4.78. The van der Waals surface area contributed by atoms with Crippen molar-refractivity contribution in [2.75, 3.05) is 0 Å². The summed E-state index contributed by atoms with van der Waals surface area (Å²) in [5, 5.41) is 0. The van der Waals surface area contributed by atoms with Gasteiger partial charge in [-0.3, -0.25) is 9.59 Å². The Morgan fingerprint density at radius 2 is 1.31 bits per heavy atom. The number of benzene rings is 3. The molecule has 0 aromatic heterocycles. The molecular weight excluding hydrogens is 604 g/mol. The normalized spacial score (nSPS) is 19.1. The van der Waals surface area contributed by atoms with Crippen LogP contribution in [0.2, 0.25) is 0 Å². The molecule has 48 heavy (non-hydrogen) atoms. The predicted octanol–water partition coefficient (Wildman–Crippen LogP) is 8.29. The fourth-order valence-electron chi connectivity index (χ4n) is 5.95. The van der Waals surface area contributed by atoms with Crippen LogP contribution in [0.3, 0.4) is 0 Å². The molecule has 0 saturated heterocycles. The molecule has 1 saturated carbocycles. The quantitative estimate of drug-likeness (QED) is 0.0477. The second-order valence-electron chi connectivity index (χ2n) is 12.4. The van der Waals surface area contributed by atoms with Crippen LogP contribution >= 0.6 is 0 Å². The van der Waals surface area contributed by atoms with Crippen molar-refractivity contribution < 1.29 is 33.4 Å². The van der Waals surface area contributed by atoms with Crippen molar-refractivity contribution in [3.05, 3.63) is 132 Å². The summed E-state index contributed by atoms with van der Waals surface area (Å²) < 4.78 is 17.4. The van der Waals surface area contributed by atoms with E-state index < -0.39 is 24.1 Å². The zero-order chi connectivity index (χ0) is 34.1. The summed E-state index contributed by atoms with van der Waals surface area (Å²) in [6.45, 7) is 3.65. The lowest BCUT2D eigenvalue weighted by molar-refractivity contribution is -0.147. The zero-order valence-electron chi connectivity index (χ0n) is 27.9. The van der Waals surface area contributed by atoms with Gasteiger partial charge in [0.05, 0.1) is 17.2 Å². The first-order chi connectivity index (χ1) is 23.3. The largest absolute Gasteiger partial charge is 0.463 e. The second kappa shape index (κ2) is 19.1. The first-order valence-electron chi connectivity index (χ1n) is 16.9. The highest BCUT2D eigenvalue weighted by Crippen LogP contribution is 2.41. The van der Waals surface area contributed by atoms with Gasteiger partial charge >= 0.3 is 17.9 Å². The molecule has 1 aliphatic rings. The minimum Gasteiger partial charge on any atom is -0.463 e. The van der Waals surface area contributed by atoms with Gasteiger partial charge in [-0.25, -0.2) is 9.59 Å². The first kappa shape index (κ1) is 36.1. The van der Waals surface area contributed by atoms with Gasteiger partial charge < -0.3 is 14.2 Å². The summed E-state index contributed by atoms with van der Waals surface area (Å²) in [4.78, 5) is 51.3. The minimum absolute atomic E-state index is 0.00799. The van der Waals surface area contributed by atoms with Crippen molar-refractivity contribution in [1.29, 1.82) is 0 Å². The summed E-state index contributed by atoms with van der Waals surface area (Å²) in [6, 6.07) is 27.6. The molecule has 3 aromatic rings. The molecule has 0 spiro atoms. The highest BCUT2D eigenvalue weighted by atomic mass is 16.6. The van der Waals surface area contributed by atoms with Gasteiger partial charge in [-0.2, -0.15) is 0 Å². The highest BCUT2D eigenvalue weighted by molar-refractivity contribution is 5.91. The van der Waals surface area contributed by atoms with Crippen molar-refractivity contribution in [1.82, 2.24) is 0 Å². The Bertz CT molecular complexity index is 1510. The van der Waals surface area contributed by atoms with E-state index >= 15 is 0 Å². The number of carbonyl (C=O) groups is 4. The van der Waals surface area contributed by atoms with Crippen LogP contribution < -0.4 is 0 Å². The number of hydrogen-bond donors (Lipinski definition) is 0. The smallest absolute Gasteiger partial charge is 0.338 e. The fraction of sp³-hybridized carbons (Fsp3) is 0.366. The maximum atomic E-state index is 13.2. The molecule has 1 aliphatic carbocycles. The van der Waals surface area contributed by atoms with Crippen LogP contribution in [0.25, 0.3) is 0 Å². The van der Waals surface area contributed by atoms with E-state index in [4.69, 9.17) is 14.2 Å². The molecule has 0 aliphatic heterocycles. The van der Waals surface area contributed by atoms with Gasteiger partial charge in [0.1, 0.15) is 12.2 Å². The number of unbranched alkanes of at least 4 members (excludes halogenated alkanes) is 1. The number of hydrogen-bond acceptors (Lipinski definition) is 7. The summed E-state index contributed by atoms with van der Waals surface area (Å²) in [7, 11) is 0. The molecule has 0 bridgehead atoms. The van der Waals surface area contributed by atoms with Crippen molar-refractivity contribution in [2.45, 2.75) is 83.5 Å². The summed E-state index contributed by atoms with van der Waals surface area (Å²) in [5.74, 6) is -1.76. The van der Waals surface area contributed by atoms with Gasteiger partial charge in [0, 0.05) is 31.1 Å². The van der Waals surface area contributed by atoms with Crippen molar-refractivity contribution in [2.24, 2.45) is 11.8 Å². The topological polar surface area (TPSA) is 96.0 Å². The van der Waals surface area contributed by atoms with Crippen LogP contribution in [0.1, 0.15) is 85.1 Å². The van der Waals surface area contributed by atoms with E-state index in [0.717, 1.165) is 12.8 Å². The third kappa shape index (κ3) is 11.8. The van der Waals surface area contributed by atoms with Crippen molar-refractivity contribution >= 4 is 23.7 Å². The molecule has 7 heteroatoms. The van der Waals surface area contributed by atoms with Crippen molar-refractivity contribution in [3.8, 4) is 0 Å². The Labute approximate surface area is 284 Å². The molecule has 4 rings (SSSR count). The molecule has 0 N–H and O–H groups in total. The van der Waals surface area contributed by atoms with E-state index in [0.29, 0.717) is 49.7 Å². The summed E-state index contributed by atoms with van der Waals surface area (Å²) >= 11 is 0. The first-order valence-corrected chi connectivity index (χ1v) is 16.9. The molecule has 3 aromatic carbocycles. The SMILES string of the molecule is CC(C)OC(=O)CCC/C=C\C[C@H]1[C@H](/C=C/C(=O)CCCc2ccccc2)[C@@H](OC(=O)c2ccccc2)C[C@H]1OC(=O)c1ccccc1. The van der Waals surface area contributed by atoms with Gasteiger partial charge in [-0.1, -0.05) is 85.0 Å². The molecule has 0 heterocycles. The number of allylic oxidation sites excluding steroid dienone is 3. The standard InChI is InChI=1S/C41H46O7/c1-30(2)46-39(43)26-15-4-3-14-25-35-36(28-27-34(42)24-16-19-31-17-8-5-9-18-31)38(48-41(45)33-22-12-7-13-23-33)29-37(35)47-40(44)32-20-10-6-11-21-32/h3,5-14,17-18,20-23,27-28,30,35-38H,4,15-16,19,24-26,29H2,1-2H3/b14-3-,28-27+/t35-,36-,37+,38-/m0/s1. The molecule has 0 unspecified atom stereocenters. The van der Waals surface area contributed by atoms with E-state index in [-0.39, 0.29) is 29.7 Å². The van der Waals surface area contributed by atoms with E-state index in [9.17, 15) is 19.2 Å². The molecule has 252 valence electrons. The zero-order valence-corrected chi connectivity index (χ0v) is 27.9. The van der Waals surface area contributed by atoms with Crippen LogP contribution in [-0.4, -0.2) is 42.0 Å². The molecule has 4 atom stereocenters. The van der Waals surface area contributed by atoms with E-state index in [1.807, 2.05) is 62.4 Å². The fourth-order valence-corrected chi connectivity index (χ4v) is 5.95. The Kier molecular flexibility index (Phi) is 14.4. The lowest BCUT2D eigenvalue weighted by atomic mass is 9.89. The highest BCUT2D eigenvalue weighted by Gasteiger charge is 2.45. The van der Waals surface area contributed by atoms with Crippen LogP contribution in [-0.2, 0) is 30.2 Å². The summed E-state index contributed by atoms with van der Waals surface area (Å²) in [5.41, 5.74) is 2.05. The van der Waals surface area contributed by atoms with Crippen LogP contribution in [0, 0.1) is 11.8 Å². The van der Waals surface area contributed by atoms with E-state index in [1.165, 1.54) is 5.56 Å². The number of ketones is 1. The average Bonchev–Trinajstić information content (AvgIpc) is 3.40. The number of aryl methyl sites for hydroxylation is 1. The summed E-state index contributed by atoms with van der Waals surface area (Å²) in [6.07, 6.45) is 10.6. The van der Waals surface area contributed by atoms with Crippen LogP contribution in [0.4, 0.5) is 0 Å². The van der Waals surface area contributed by atoms with Crippen LogP contribution in [0.15, 0.2) is 115 Å². The van der Waals surface area contributed by atoms with Gasteiger partial charge in [0.15, 0.2) is 5.78 Å². The third-order valence-electron chi connectivity index (χ3n) is 8.33. The monoisotopic (exact) mass is 650 g/mol.